The molecule has 11 heteroatoms. The SMILES string of the molecule is O=C(O)[C@@H](Cc1cnc2ccccc2c1)[NH2+]S(=O)(=O)c1ccc(C#Cc2ccc(C(F)(F)F)cc2)s1. The molecule has 0 saturated carbocycles. The first-order valence-corrected chi connectivity index (χ1v) is 12.8. The smallest absolute Gasteiger partial charge is 0.416 e. The van der Waals surface area contributed by atoms with E-state index in [1.54, 1.807) is 6.07 Å². The van der Waals surface area contributed by atoms with Crippen LogP contribution in [-0.4, -0.2) is 30.5 Å². The van der Waals surface area contributed by atoms with Gasteiger partial charge < -0.3 is 5.11 Å². The highest BCUT2D eigenvalue weighted by Crippen LogP contribution is 2.29. The number of thiophene rings is 1. The van der Waals surface area contributed by atoms with Gasteiger partial charge >= 0.3 is 22.2 Å². The first kappa shape index (κ1) is 25.4. The van der Waals surface area contributed by atoms with Gasteiger partial charge in [-0.15, -0.1) is 11.3 Å². The molecule has 6 nitrogen and oxygen atoms in total. The predicted octanol–water partition coefficient (Wildman–Crippen LogP) is 3.66. The molecule has 1 atom stereocenters. The highest BCUT2D eigenvalue weighted by Gasteiger charge is 2.31. The lowest BCUT2D eigenvalue weighted by atomic mass is 10.1. The Bertz CT molecular complexity index is 1590. The van der Waals surface area contributed by atoms with Crippen molar-refractivity contribution in [1.82, 2.24) is 4.98 Å². The second-order valence-electron chi connectivity index (χ2n) is 7.81. The van der Waals surface area contributed by atoms with Crippen LogP contribution in [0.1, 0.15) is 21.6 Å². The molecule has 4 rings (SSSR count). The first-order valence-electron chi connectivity index (χ1n) is 10.5. The summed E-state index contributed by atoms with van der Waals surface area (Å²) in [6.07, 6.45) is -2.98. The van der Waals surface area contributed by atoms with Crippen LogP contribution in [0.5, 0.6) is 0 Å². The van der Waals surface area contributed by atoms with Crippen LogP contribution in [0.15, 0.2) is 77.1 Å². The monoisotopic (exact) mass is 531 g/mol. The fraction of sp³-hybridized carbons (Fsp3) is 0.120. The van der Waals surface area contributed by atoms with Crippen LogP contribution in [0.25, 0.3) is 10.9 Å². The number of para-hydroxylation sites is 1. The maximum Gasteiger partial charge on any atom is 0.416 e. The van der Waals surface area contributed by atoms with Gasteiger partial charge in [-0.05, 0) is 54.1 Å². The second kappa shape index (κ2) is 10.1. The van der Waals surface area contributed by atoms with Gasteiger partial charge in [-0.1, -0.05) is 30.0 Å². The molecule has 0 saturated heterocycles. The zero-order chi connectivity index (χ0) is 25.9. The number of fused-ring (bicyclic) bond motifs is 1. The summed E-state index contributed by atoms with van der Waals surface area (Å²) in [4.78, 5) is 16.5. The van der Waals surface area contributed by atoms with Crippen molar-refractivity contribution < 1.29 is 36.2 Å². The van der Waals surface area contributed by atoms with E-state index in [0.717, 1.165) is 39.1 Å². The molecule has 2 heterocycles. The van der Waals surface area contributed by atoms with Gasteiger partial charge in [0.25, 0.3) is 0 Å². The maximum absolute atomic E-state index is 12.9. The van der Waals surface area contributed by atoms with Crippen molar-refractivity contribution in [3.63, 3.8) is 0 Å². The Labute approximate surface area is 208 Å². The molecule has 4 aromatic rings. The predicted molar refractivity (Wildman–Crippen MR) is 128 cm³/mol. The number of carbonyl (C=O) groups is 1. The number of aliphatic carboxylic acids is 1. The van der Waals surface area contributed by atoms with E-state index < -0.39 is 33.8 Å². The Morgan fingerprint density at radius 2 is 1.78 bits per heavy atom. The van der Waals surface area contributed by atoms with Crippen molar-refractivity contribution in [2.24, 2.45) is 0 Å². The summed E-state index contributed by atoms with van der Waals surface area (Å²) in [6, 6.07) is 14.9. The minimum absolute atomic E-state index is 0.0572. The van der Waals surface area contributed by atoms with Crippen LogP contribution in [-0.2, 0) is 27.4 Å². The quantitative estimate of drug-likeness (QED) is 0.370. The number of sulfonamides is 1. The summed E-state index contributed by atoms with van der Waals surface area (Å²) >= 11 is 0.850. The van der Waals surface area contributed by atoms with Crippen molar-refractivity contribution >= 4 is 38.2 Å². The number of carboxylic acid groups (broad SMARTS) is 1. The topological polar surface area (TPSA) is 101 Å². The Morgan fingerprint density at radius 1 is 1.06 bits per heavy atom. The molecule has 2 aromatic heterocycles. The number of alkyl halides is 3. The number of pyridine rings is 1. The van der Waals surface area contributed by atoms with Crippen LogP contribution >= 0.6 is 11.3 Å². The van der Waals surface area contributed by atoms with Crippen molar-refractivity contribution in [3.8, 4) is 11.8 Å². The summed E-state index contributed by atoms with van der Waals surface area (Å²) in [6.45, 7) is 0. The highest BCUT2D eigenvalue weighted by atomic mass is 32.2. The van der Waals surface area contributed by atoms with Crippen LogP contribution in [0.2, 0.25) is 0 Å². The van der Waals surface area contributed by atoms with E-state index in [-0.39, 0.29) is 10.6 Å². The van der Waals surface area contributed by atoms with Gasteiger partial charge in [-0.2, -0.15) is 21.6 Å². The first-order chi connectivity index (χ1) is 17.0. The van der Waals surface area contributed by atoms with Gasteiger partial charge in [0.15, 0.2) is 4.21 Å². The molecule has 0 bridgehead atoms. The Hall–Kier alpha value is -3.72. The number of nitrogens with two attached hydrogens (primary N) is 1. The molecule has 36 heavy (non-hydrogen) atoms. The number of hydrogen-bond donors (Lipinski definition) is 2. The number of hydrogen-bond acceptors (Lipinski definition) is 5. The molecule has 3 N–H and O–H groups in total. The molecule has 0 spiro atoms. The van der Waals surface area contributed by atoms with Crippen LogP contribution < -0.4 is 4.72 Å². The number of quaternary nitrogens is 1. The number of nitrogens with zero attached hydrogens (tertiary/aromatic N) is 1. The standard InChI is InChI=1S/C25H17F3N2O4S2/c26-25(27,28)19-8-5-16(6-9-19)7-10-20-11-12-23(35-20)36(33,34)30-22(24(31)32)14-17-13-18-3-1-2-4-21(18)29-15-17/h1-6,8-9,11-13,15,22,30H,14H2,(H,31,32)/p+1/t22-/m1/s1. The molecule has 0 aliphatic rings. The lowest BCUT2D eigenvalue weighted by molar-refractivity contribution is -0.527. The average Bonchev–Trinajstić information content (AvgIpc) is 3.32. The van der Waals surface area contributed by atoms with Crippen LogP contribution in [0, 0.1) is 11.8 Å². The van der Waals surface area contributed by atoms with E-state index >= 15 is 0 Å². The number of primary sulfonamides is 1. The number of aromatic nitrogens is 1. The third kappa shape index (κ3) is 6.09. The van der Waals surface area contributed by atoms with Gasteiger partial charge in [-0.3, -0.25) is 4.98 Å². The number of benzene rings is 2. The molecule has 0 radical (unpaired) electrons. The number of carboxylic acids is 1. The Balaban J connectivity index is 1.48. The fourth-order valence-electron chi connectivity index (χ4n) is 3.38. The zero-order valence-corrected chi connectivity index (χ0v) is 20.0. The summed E-state index contributed by atoms with van der Waals surface area (Å²) < 4.78 is 64.5. The van der Waals surface area contributed by atoms with E-state index in [1.165, 1.54) is 30.5 Å². The summed E-state index contributed by atoms with van der Waals surface area (Å²) in [5.74, 6) is 4.14. The summed E-state index contributed by atoms with van der Waals surface area (Å²) in [7, 11) is -4.05. The van der Waals surface area contributed by atoms with E-state index in [2.05, 4.69) is 16.8 Å². The third-order valence-corrected chi connectivity index (χ3v) is 8.29. The molecular weight excluding hydrogens is 513 g/mol. The Morgan fingerprint density at radius 3 is 2.47 bits per heavy atom. The summed E-state index contributed by atoms with van der Waals surface area (Å²) in [5.41, 5.74) is 0.873. The molecule has 0 aliphatic carbocycles. The molecule has 0 fully saturated rings. The largest absolute Gasteiger partial charge is 0.477 e. The highest BCUT2D eigenvalue weighted by molar-refractivity contribution is 7.87. The van der Waals surface area contributed by atoms with E-state index in [1.807, 2.05) is 24.3 Å². The van der Waals surface area contributed by atoms with Gasteiger partial charge in [0, 0.05) is 23.6 Å². The van der Waals surface area contributed by atoms with Crippen molar-refractivity contribution in [3.05, 3.63) is 94.5 Å². The minimum atomic E-state index is -4.45. The van der Waals surface area contributed by atoms with Crippen molar-refractivity contribution in [2.45, 2.75) is 22.8 Å². The third-order valence-electron chi connectivity index (χ3n) is 5.17. The van der Waals surface area contributed by atoms with Crippen LogP contribution in [0.3, 0.4) is 0 Å². The molecule has 184 valence electrons. The van der Waals surface area contributed by atoms with Crippen molar-refractivity contribution in [1.29, 1.82) is 0 Å². The molecule has 2 aromatic carbocycles. The van der Waals surface area contributed by atoms with Gasteiger partial charge in [0.1, 0.15) is 0 Å². The minimum Gasteiger partial charge on any atom is -0.477 e. The second-order valence-corrected chi connectivity index (χ2v) is 11.0. The van der Waals surface area contributed by atoms with E-state index in [0.29, 0.717) is 16.0 Å². The van der Waals surface area contributed by atoms with Gasteiger partial charge in [-0.25, -0.2) is 9.52 Å². The number of halogens is 3. The maximum atomic E-state index is 12.9. The zero-order valence-electron chi connectivity index (χ0n) is 18.4. The summed E-state index contributed by atoms with van der Waals surface area (Å²) in [5, 5.41) is 10.5. The molecule has 0 amide bonds. The fourth-order valence-corrected chi connectivity index (χ4v) is 5.90. The molecule has 0 unspecified atom stereocenters. The molecule has 0 aliphatic heterocycles. The van der Waals surface area contributed by atoms with E-state index in [4.69, 9.17) is 0 Å². The normalized spacial score (nSPS) is 12.6. The Kier molecular flexibility index (Phi) is 7.12. The average molecular weight is 532 g/mol. The molecular formula is C25H18F3N2O4S2+. The number of rotatable bonds is 6. The van der Waals surface area contributed by atoms with E-state index in [9.17, 15) is 31.5 Å². The van der Waals surface area contributed by atoms with Gasteiger partial charge in [0.2, 0.25) is 6.04 Å². The lowest BCUT2D eigenvalue weighted by Crippen LogP contribution is -2.94. The van der Waals surface area contributed by atoms with Crippen LogP contribution in [0.4, 0.5) is 13.2 Å². The van der Waals surface area contributed by atoms with Gasteiger partial charge in [0.05, 0.1) is 16.0 Å². The lowest BCUT2D eigenvalue weighted by Gasteiger charge is -2.11. The van der Waals surface area contributed by atoms with Crippen molar-refractivity contribution in [2.75, 3.05) is 0 Å².